The summed E-state index contributed by atoms with van der Waals surface area (Å²) < 4.78 is 23.5. The van der Waals surface area contributed by atoms with E-state index >= 15 is 0 Å². The van der Waals surface area contributed by atoms with Gasteiger partial charge in [-0.15, -0.1) is 0 Å². The van der Waals surface area contributed by atoms with E-state index in [4.69, 9.17) is 11.6 Å². The van der Waals surface area contributed by atoms with Gasteiger partial charge in [0.15, 0.2) is 9.84 Å². The average Bonchev–Trinajstić information content (AvgIpc) is 3.22. The molecule has 1 aromatic heterocycles. The van der Waals surface area contributed by atoms with Crippen LogP contribution < -0.4 is 10.6 Å². The molecule has 34 heavy (non-hydrogen) atoms. The number of nitrogens with one attached hydrogen (secondary N) is 3. The Morgan fingerprint density at radius 1 is 0.971 bits per heavy atom. The molecule has 3 N–H and O–H groups in total. The number of carbonyl (C=O) groups excluding carboxylic acids is 2. The number of aryl methyl sites for hydroxylation is 1. The molecule has 0 atom stereocenters. The van der Waals surface area contributed by atoms with Crippen LogP contribution in [0.15, 0.2) is 77.8 Å². The van der Waals surface area contributed by atoms with Crippen LogP contribution in [0.4, 0.5) is 11.4 Å². The molecule has 0 radical (unpaired) electrons. The summed E-state index contributed by atoms with van der Waals surface area (Å²) in [7, 11) is -3.44. The minimum absolute atomic E-state index is 0.0527. The van der Waals surface area contributed by atoms with Crippen molar-refractivity contribution in [2.75, 3.05) is 16.9 Å². The van der Waals surface area contributed by atoms with Gasteiger partial charge in [0.1, 0.15) is 0 Å². The van der Waals surface area contributed by atoms with Crippen molar-refractivity contribution >= 4 is 55.5 Å². The van der Waals surface area contributed by atoms with Gasteiger partial charge < -0.3 is 15.6 Å². The SMILES string of the molecule is CS(=O)(=O)c1cccc(C(=O)Nc2ccc(NC(=O)CCc3c[nH]c4ccccc34)cc2Cl)c1. The van der Waals surface area contributed by atoms with Crippen LogP contribution in [0.1, 0.15) is 22.3 Å². The number of halogens is 1. The Morgan fingerprint density at radius 2 is 1.76 bits per heavy atom. The second-order valence-electron chi connectivity index (χ2n) is 7.86. The first-order chi connectivity index (χ1) is 16.2. The third kappa shape index (κ3) is 5.47. The molecule has 2 amide bonds. The normalized spacial score (nSPS) is 11.4. The number of carbonyl (C=O) groups is 2. The zero-order valence-corrected chi connectivity index (χ0v) is 19.8. The Kier molecular flexibility index (Phi) is 6.72. The lowest BCUT2D eigenvalue weighted by Gasteiger charge is -2.11. The summed E-state index contributed by atoms with van der Waals surface area (Å²) in [6.07, 6.45) is 3.88. The number of para-hydroxylation sites is 1. The maximum absolute atomic E-state index is 12.6. The number of aromatic amines is 1. The summed E-state index contributed by atoms with van der Waals surface area (Å²) >= 11 is 6.31. The van der Waals surface area contributed by atoms with Gasteiger partial charge in [0, 0.05) is 41.0 Å². The van der Waals surface area contributed by atoms with E-state index in [2.05, 4.69) is 15.6 Å². The molecular weight excluding hydrogens is 474 g/mol. The highest BCUT2D eigenvalue weighted by Crippen LogP contribution is 2.27. The summed E-state index contributed by atoms with van der Waals surface area (Å²) in [5.41, 5.74) is 3.14. The number of H-pyrrole nitrogens is 1. The van der Waals surface area contributed by atoms with E-state index in [1.165, 1.54) is 24.3 Å². The number of hydrogen-bond acceptors (Lipinski definition) is 4. The molecule has 3 aromatic carbocycles. The molecule has 0 saturated heterocycles. The number of aromatic nitrogens is 1. The van der Waals surface area contributed by atoms with Gasteiger partial charge >= 0.3 is 0 Å². The molecule has 0 bridgehead atoms. The summed E-state index contributed by atoms with van der Waals surface area (Å²) in [6, 6.07) is 18.4. The molecule has 0 spiro atoms. The van der Waals surface area contributed by atoms with E-state index in [1.807, 2.05) is 30.5 Å². The van der Waals surface area contributed by atoms with Crippen LogP contribution >= 0.6 is 11.6 Å². The lowest BCUT2D eigenvalue weighted by Crippen LogP contribution is -2.14. The molecule has 4 rings (SSSR count). The topological polar surface area (TPSA) is 108 Å². The highest BCUT2D eigenvalue weighted by molar-refractivity contribution is 7.90. The standard InChI is InChI=1S/C25H22ClN3O4S/c1-34(32,33)19-6-4-5-16(13-19)25(31)29-23-11-10-18(14-21(23)26)28-24(30)12-9-17-15-27-22-8-3-2-7-20(17)22/h2-8,10-11,13-15,27H,9,12H2,1H3,(H,28,30)(H,29,31). The fourth-order valence-electron chi connectivity index (χ4n) is 3.57. The molecule has 0 aliphatic heterocycles. The Balaban J connectivity index is 1.38. The summed E-state index contributed by atoms with van der Waals surface area (Å²) in [4.78, 5) is 28.2. The van der Waals surface area contributed by atoms with Crippen LogP contribution in [0.3, 0.4) is 0 Å². The first kappa shape index (κ1) is 23.5. The molecule has 0 aliphatic carbocycles. The monoisotopic (exact) mass is 495 g/mol. The van der Waals surface area contributed by atoms with E-state index in [1.54, 1.807) is 18.2 Å². The van der Waals surface area contributed by atoms with E-state index in [-0.39, 0.29) is 21.4 Å². The largest absolute Gasteiger partial charge is 0.361 e. The number of rotatable bonds is 7. The van der Waals surface area contributed by atoms with Gasteiger partial charge in [-0.2, -0.15) is 0 Å². The van der Waals surface area contributed by atoms with Crippen LogP contribution in [0.25, 0.3) is 10.9 Å². The Labute approximate surface area is 202 Å². The molecule has 4 aromatic rings. The predicted molar refractivity (Wildman–Crippen MR) is 134 cm³/mol. The van der Waals surface area contributed by atoms with Crippen molar-refractivity contribution in [3.05, 3.63) is 89.1 Å². The maximum atomic E-state index is 12.6. The van der Waals surface area contributed by atoms with Crippen molar-refractivity contribution in [2.24, 2.45) is 0 Å². The molecule has 0 unspecified atom stereocenters. The highest BCUT2D eigenvalue weighted by atomic mass is 35.5. The molecule has 0 aliphatic rings. The lowest BCUT2D eigenvalue weighted by molar-refractivity contribution is -0.116. The highest BCUT2D eigenvalue weighted by Gasteiger charge is 2.14. The van der Waals surface area contributed by atoms with Gasteiger partial charge in [-0.1, -0.05) is 35.9 Å². The zero-order valence-electron chi connectivity index (χ0n) is 18.3. The van der Waals surface area contributed by atoms with Crippen LogP contribution in [0, 0.1) is 0 Å². The summed E-state index contributed by atoms with van der Waals surface area (Å²) in [6.45, 7) is 0. The van der Waals surface area contributed by atoms with Crippen molar-refractivity contribution < 1.29 is 18.0 Å². The van der Waals surface area contributed by atoms with Crippen molar-refractivity contribution in [3.8, 4) is 0 Å². The predicted octanol–water partition coefficient (Wildman–Crippen LogP) is 5.05. The quantitative estimate of drug-likeness (QED) is 0.333. The molecular formula is C25H22ClN3O4S. The number of anilines is 2. The zero-order chi connectivity index (χ0) is 24.3. The van der Waals surface area contributed by atoms with E-state index in [9.17, 15) is 18.0 Å². The maximum Gasteiger partial charge on any atom is 0.255 e. The molecule has 1 heterocycles. The second-order valence-corrected chi connectivity index (χ2v) is 10.3. The number of hydrogen-bond donors (Lipinski definition) is 3. The van der Waals surface area contributed by atoms with E-state index in [0.717, 1.165) is 22.7 Å². The van der Waals surface area contributed by atoms with Gasteiger partial charge in [0.25, 0.3) is 5.91 Å². The fourth-order valence-corrected chi connectivity index (χ4v) is 4.46. The average molecular weight is 496 g/mol. The molecule has 9 heteroatoms. The van der Waals surface area contributed by atoms with Crippen molar-refractivity contribution in [1.82, 2.24) is 4.98 Å². The first-order valence-corrected chi connectivity index (χ1v) is 12.7. The van der Waals surface area contributed by atoms with Gasteiger partial charge in [-0.3, -0.25) is 9.59 Å². The Hall–Kier alpha value is -3.62. The summed E-state index contributed by atoms with van der Waals surface area (Å²) in [5.74, 6) is -0.654. The fraction of sp³-hybridized carbons (Fsp3) is 0.120. The molecule has 174 valence electrons. The smallest absolute Gasteiger partial charge is 0.255 e. The van der Waals surface area contributed by atoms with Crippen LogP contribution in [0.2, 0.25) is 5.02 Å². The van der Waals surface area contributed by atoms with E-state index in [0.29, 0.717) is 24.2 Å². The van der Waals surface area contributed by atoms with Gasteiger partial charge in [0.05, 0.1) is 15.6 Å². The van der Waals surface area contributed by atoms with Crippen LogP contribution in [-0.2, 0) is 21.1 Å². The summed E-state index contributed by atoms with van der Waals surface area (Å²) in [5, 5.41) is 6.82. The number of fused-ring (bicyclic) bond motifs is 1. The molecule has 0 fully saturated rings. The second kappa shape index (κ2) is 9.70. The first-order valence-electron chi connectivity index (χ1n) is 10.5. The van der Waals surface area contributed by atoms with Gasteiger partial charge in [0.2, 0.25) is 5.91 Å². The third-order valence-electron chi connectivity index (χ3n) is 5.32. The minimum atomic E-state index is -3.44. The van der Waals surface area contributed by atoms with E-state index < -0.39 is 15.7 Å². The van der Waals surface area contributed by atoms with Crippen molar-refractivity contribution in [2.45, 2.75) is 17.7 Å². The number of sulfone groups is 1. The van der Waals surface area contributed by atoms with Gasteiger partial charge in [-0.05, 0) is 54.4 Å². The minimum Gasteiger partial charge on any atom is -0.361 e. The van der Waals surface area contributed by atoms with Gasteiger partial charge in [-0.25, -0.2) is 8.42 Å². The number of amides is 2. The Bertz CT molecular complexity index is 1500. The molecule has 0 saturated carbocycles. The van der Waals surface area contributed by atoms with Crippen molar-refractivity contribution in [1.29, 1.82) is 0 Å². The van der Waals surface area contributed by atoms with Crippen molar-refractivity contribution in [3.63, 3.8) is 0 Å². The lowest BCUT2D eigenvalue weighted by atomic mass is 10.1. The molecule has 7 nitrogen and oxygen atoms in total. The number of benzene rings is 3. The van der Waals surface area contributed by atoms with Crippen LogP contribution in [-0.4, -0.2) is 31.5 Å². The third-order valence-corrected chi connectivity index (χ3v) is 6.74. The van der Waals surface area contributed by atoms with Crippen LogP contribution in [0.5, 0.6) is 0 Å². The Morgan fingerprint density at radius 3 is 2.53 bits per heavy atom.